The van der Waals surface area contributed by atoms with E-state index in [0.29, 0.717) is 0 Å². The molecule has 0 bridgehead atoms. The van der Waals surface area contributed by atoms with Gasteiger partial charge in [-0.25, -0.2) is 0 Å². The predicted molar refractivity (Wildman–Crippen MR) is 80.3 cm³/mol. The summed E-state index contributed by atoms with van der Waals surface area (Å²) in [6, 6.07) is 2.54. The lowest BCUT2D eigenvalue weighted by Gasteiger charge is -2.26. The molecule has 1 rings (SSSR count). The topological polar surface area (TPSA) is 91.5 Å². The van der Waals surface area contributed by atoms with Crippen LogP contribution in [0.5, 0.6) is 5.75 Å². The first-order valence-electron chi connectivity index (χ1n) is 6.50. The summed E-state index contributed by atoms with van der Waals surface area (Å²) in [5.74, 6) is -1.62. The van der Waals surface area contributed by atoms with Crippen LogP contribution in [-0.4, -0.2) is 41.1 Å². The van der Waals surface area contributed by atoms with Gasteiger partial charge in [-0.1, -0.05) is 23.2 Å². The second-order valence-corrected chi connectivity index (χ2v) is 5.48. The van der Waals surface area contributed by atoms with Gasteiger partial charge in [0, 0.05) is 6.07 Å². The molecule has 0 saturated heterocycles. The van der Waals surface area contributed by atoms with Crippen LogP contribution < -0.4 is 4.74 Å². The van der Waals surface area contributed by atoms with Gasteiger partial charge in [0.2, 0.25) is 0 Å². The molecule has 0 radical (unpaired) electrons. The minimum absolute atomic E-state index is 0.000913. The van der Waals surface area contributed by atoms with Gasteiger partial charge in [-0.3, -0.25) is 4.79 Å². The lowest BCUT2D eigenvalue weighted by molar-refractivity contribution is -0.258. The Bertz CT molecular complexity index is 640. The average molecular weight is 389 g/mol. The summed E-state index contributed by atoms with van der Waals surface area (Å²) in [4.78, 5) is 10.5. The van der Waals surface area contributed by atoms with Gasteiger partial charge in [0.05, 0.1) is 29.6 Å². The zero-order valence-corrected chi connectivity index (χ0v) is 13.8. The van der Waals surface area contributed by atoms with E-state index in [1.807, 2.05) is 0 Å². The molecule has 6 nitrogen and oxygen atoms in total. The molecule has 0 aliphatic carbocycles. The molecular formula is C13H13Cl2F3N2O4. The van der Waals surface area contributed by atoms with Gasteiger partial charge in [0.1, 0.15) is 11.4 Å². The fraction of sp³-hybridized carbons (Fsp3) is 0.462. The Morgan fingerprint density at radius 2 is 1.92 bits per heavy atom. The van der Waals surface area contributed by atoms with E-state index in [2.05, 4.69) is 10.2 Å². The van der Waals surface area contributed by atoms with Crippen LogP contribution in [0.1, 0.15) is 13.3 Å². The highest BCUT2D eigenvalue weighted by atomic mass is 35.5. The number of aliphatic carboxylic acids is 1. The van der Waals surface area contributed by atoms with Gasteiger partial charge in [-0.05, 0) is 13.0 Å². The third kappa shape index (κ3) is 5.22. The van der Waals surface area contributed by atoms with E-state index in [0.717, 1.165) is 0 Å². The molecule has 1 unspecified atom stereocenters. The fourth-order valence-corrected chi connectivity index (χ4v) is 2.06. The normalized spacial score (nSPS) is 14.6. The smallest absolute Gasteiger partial charge is 0.419 e. The molecule has 0 heterocycles. The lowest BCUT2D eigenvalue weighted by Crippen LogP contribution is -2.49. The van der Waals surface area contributed by atoms with Crippen molar-refractivity contribution in [2.45, 2.75) is 25.1 Å². The molecule has 0 aromatic heterocycles. The number of carboxylic acids is 1. The molecule has 24 heavy (non-hydrogen) atoms. The summed E-state index contributed by atoms with van der Waals surface area (Å²) < 4.78 is 43.6. The van der Waals surface area contributed by atoms with E-state index in [1.165, 1.54) is 12.1 Å². The van der Waals surface area contributed by atoms with Crippen molar-refractivity contribution in [3.8, 4) is 5.75 Å². The Morgan fingerprint density at radius 3 is 2.42 bits per heavy atom. The fourth-order valence-electron chi connectivity index (χ4n) is 1.59. The molecule has 0 aliphatic rings. The first-order valence-corrected chi connectivity index (χ1v) is 7.26. The largest absolute Gasteiger partial charge is 0.492 e. The minimum Gasteiger partial charge on any atom is -0.492 e. The number of rotatable bonds is 7. The predicted octanol–water partition coefficient (Wildman–Crippen LogP) is 4.24. The van der Waals surface area contributed by atoms with Crippen molar-refractivity contribution in [1.29, 1.82) is 0 Å². The highest BCUT2D eigenvalue weighted by molar-refractivity contribution is 6.37. The third-order valence-corrected chi connectivity index (χ3v) is 3.38. The SMILES string of the molecule is CCOc1cc(N=NCC(O)(CC(=O)O)C(F)(F)F)c(Cl)cc1Cl. The number of hydrogen-bond donors (Lipinski definition) is 2. The van der Waals surface area contributed by atoms with Crippen LogP contribution in [0, 0.1) is 0 Å². The van der Waals surface area contributed by atoms with Crippen LogP contribution >= 0.6 is 23.2 Å². The molecule has 134 valence electrons. The van der Waals surface area contributed by atoms with Gasteiger partial charge < -0.3 is 14.9 Å². The number of aliphatic hydroxyl groups is 1. The summed E-state index contributed by atoms with van der Waals surface area (Å²) in [5, 5.41) is 24.9. The van der Waals surface area contributed by atoms with E-state index in [-0.39, 0.29) is 28.1 Å². The average Bonchev–Trinajstić information content (AvgIpc) is 2.41. The van der Waals surface area contributed by atoms with Gasteiger partial charge in [-0.2, -0.15) is 23.4 Å². The van der Waals surface area contributed by atoms with Gasteiger partial charge >= 0.3 is 12.1 Å². The molecule has 1 aromatic rings. The third-order valence-electron chi connectivity index (χ3n) is 2.78. The first-order chi connectivity index (χ1) is 11.0. The van der Waals surface area contributed by atoms with Crippen LogP contribution in [0.25, 0.3) is 0 Å². The number of ether oxygens (including phenoxy) is 1. The van der Waals surface area contributed by atoms with Crippen molar-refractivity contribution in [3.05, 3.63) is 22.2 Å². The summed E-state index contributed by atoms with van der Waals surface area (Å²) in [7, 11) is 0. The highest BCUT2D eigenvalue weighted by Gasteiger charge is 2.55. The molecule has 0 spiro atoms. The standard InChI is InChI=1S/C13H13Cl2F3N2O4/c1-2-24-10-4-9(7(14)3-8(10)15)20-19-6-12(23,5-11(21)22)13(16,17)18/h3-4,23H,2,5-6H2,1H3,(H,21,22). The van der Waals surface area contributed by atoms with Crippen molar-refractivity contribution in [2.75, 3.05) is 13.2 Å². The summed E-state index contributed by atoms with van der Waals surface area (Å²) in [6.07, 6.45) is -6.75. The van der Waals surface area contributed by atoms with E-state index in [1.54, 1.807) is 6.92 Å². The molecule has 1 atom stereocenters. The number of alkyl halides is 3. The van der Waals surface area contributed by atoms with Crippen LogP contribution in [-0.2, 0) is 4.79 Å². The number of nitrogens with zero attached hydrogens (tertiary/aromatic N) is 2. The number of hydrogen-bond acceptors (Lipinski definition) is 5. The Hall–Kier alpha value is -1.58. The van der Waals surface area contributed by atoms with Gasteiger partial charge in [-0.15, -0.1) is 0 Å². The van der Waals surface area contributed by atoms with Gasteiger partial charge in [0.25, 0.3) is 0 Å². The number of carbonyl (C=O) groups is 1. The molecule has 2 N–H and O–H groups in total. The summed E-state index contributed by atoms with van der Waals surface area (Å²) >= 11 is 11.7. The monoisotopic (exact) mass is 388 g/mol. The van der Waals surface area contributed by atoms with Crippen LogP contribution in [0.4, 0.5) is 18.9 Å². The minimum atomic E-state index is -5.19. The van der Waals surface area contributed by atoms with Crippen molar-refractivity contribution in [1.82, 2.24) is 0 Å². The van der Waals surface area contributed by atoms with E-state index in [4.69, 9.17) is 33.0 Å². The highest BCUT2D eigenvalue weighted by Crippen LogP contribution is 2.37. The molecule has 1 aromatic carbocycles. The van der Waals surface area contributed by atoms with Crippen LogP contribution in [0.3, 0.4) is 0 Å². The van der Waals surface area contributed by atoms with E-state index >= 15 is 0 Å². The quantitative estimate of drug-likeness (QED) is 0.683. The van der Waals surface area contributed by atoms with E-state index < -0.39 is 30.7 Å². The Morgan fingerprint density at radius 1 is 1.29 bits per heavy atom. The number of azo groups is 1. The zero-order valence-electron chi connectivity index (χ0n) is 12.3. The molecule has 0 saturated carbocycles. The Balaban J connectivity index is 3.03. The van der Waals surface area contributed by atoms with Crippen molar-refractivity contribution >= 4 is 34.9 Å². The lowest BCUT2D eigenvalue weighted by atomic mass is 9.99. The molecule has 0 amide bonds. The second-order valence-electron chi connectivity index (χ2n) is 4.67. The maximum absolute atomic E-state index is 12.8. The zero-order chi connectivity index (χ0) is 18.5. The maximum Gasteiger partial charge on any atom is 0.419 e. The van der Waals surface area contributed by atoms with Crippen molar-refractivity contribution < 1.29 is 32.9 Å². The Kier molecular flexibility index (Phi) is 6.82. The summed E-state index contributed by atoms with van der Waals surface area (Å²) in [6.45, 7) is 0.678. The van der Waals surface area contributed by atoms with E-state index in [9.17, 15) is 23.1 Å². The van der Waals surface area contributed by atoms with Crippen LogP contribution in [0.2, 0.25) is 10.0 Å². The Labute approximate surface area is 144 Å². The number of benzene rings is 1. The van der Waals surface area contributed by atoms with Gasteiger partial charge in [0.15, 0.2) is 5.60 Å². The first kappa shape index (κ1) is 20.5. The molecule has 11 heteroatoms. The van der Waals surface area contributed by atoms with Crippen molar-refractivity contribution in [2.24, 2.45) is 10.2 Å². The second kappa shape index (κ2) is 8.00. The van der Waals surface area contributed by atoms with Crippen molar-refractivity contribution in [3.63, 3.8) is 0 Å². The summed E-state index contributed by atoms with van der Waals surface area (Å²) in [5.41, 5.74) is -3.58. The molecule has 0 aliphatic heterocycles. The maximum atomic E-state index is 12.8. The molecule has 0 fully saturated rings. The molecular weight excluding hydrogens is 376 g/mol. The van der Waals surface area contributed by atoms with Crippen LogP contribution in [0.15, 0.2) is 22.4 Å². The number of carboxylic acid groups (broad SMARTS) is 1. The number of halogens is 5.